The molecule has 0 spiro atoms. The molecule has 0 saturated carbocycles. The van der Waals surface area contributed by atoms with Crippen LogP contribution in [0.15, 0.2) is 12.1 Å². The average molecular weight is 295 g/mol. The van der Waals surface area contributed by atoms with Gasteiger partial charge in [-0.05, 0) is 26.0 Å². The van der Waals surface area contributed by atoms with Crippen molar-refractivity contribution in [2.75, 3.05) is 14.1 Å². The highest BCUT2D eigenvalue weighted by molar-refractivity contribution is 6.20. The summed E-state index contributed by atoms with van der Waals surface area (Å²) in [7, 11) is 3.50. The molecule has 1 atom stereocenters. The van der Waals surface area contributed by atoms with E-state index in [1.54, 1.807) is 19.0 Å². The van der Waals surface area contributed by atoms with Crippen LogP contribution >= 0.6 is 11.6 Å². The summed E-state index contributed by atoms with van der Waals surface area (Å²) in [6, 6.07) is 3.86. The van der Waals surface area contributed by atoms with Crippen LogP contribution in [-0.4, -0.2) is 39.4 Å². The van der Waals surface area contributed by atoms with Gasteiger partial charge in [0.05, 0.1) is 5.38 Å². The van der Waals surface area contributed by atoms with E-state index < -0.39 is 0 Å². The van der Waals surface area contributed by atoms with Crippen LogP contribution in [-0.2, 0) is 11.3 Å². The number of halogens is 1. The third kappa shape index (κ3) is 2.93. The van der Waals surface area contributed by atoms with Crippen molar-refractivity contribution in [1.82, 2.24) is 19.4 Å². The van der Waals surface area contributed by atoms with Gasteiger partial charge in [-0.2, -0.15) is 0 Å². The molecule has 0 aliphatic heterocycles. The molecule has 2 rings (SSSR count). The Labute approximate surface area is 123 Å². The number of imidazole rings is 1. The fourth-order valence-corrected chi connectivity index (χ4v) is 2.24. The number of fused-ring (bicyclic) bond motifs is 1. The summed E-state index contributed by atoms with van der Waals surface area (Å²) in [5.41, 5.74) is 2.53. The second-order valence-electron chi connectivity index (χ2n) is 5.07. The molecular weight excluding hydrogens is 276 g/mol. The van der Waals surface area contributed by atoms with E-state index in [0.29, 0.717) is 13.0 Å². The Hall–Kier alpha value is -1.62. The first-order valence-electron chi connectivity index (χ1n) is 6.58. The molecule has 0 aliphatic carbocycles. The second-order valence-corrected chi connectivity index (χ2v) is 5.73. The van der Waals surface area contributed by atoms with Gasteiger partial charge >= 0.3 is 0 Å². The Kier molecular flexibility index (Phi) is 4.28. The van der Waals surface area contributed by atoms with E-state index in [4.69, 9.17) is 11.6 Å². The van der Waals surface area contributed by atoms with Crippen LogP contribution in [0.25, 0.3) is 11.2 Å². The lowest BCUT2D eigenvalue weighted by Crippen LogP contribution is -2.23. The maximum atomic E-state index is 11.8. The fraction of sp³-hybridized carbons (Fsp3) is 0.500. The lowest BCUT2D eigenvalue weighted by molar-refractivity contribution is -0.128. The summed E-state index contributed by atoms with van der Waals surface area (Å²) in [6.45, 7) is 4.35. The summed E-state index contributed by atoms with van der Waals surface area (Å²) in [6.07, 6.45) is 0.407. The van der Waals surface area contributed by atoms with Crippen LogP contribution in [0, 0.1) is 6.92 Å². The molecule has 0 bridgehead atoms. The van der Waals surface area contributed by atoms with Gasteiger partial charge in [-0.1, -0.05) is 0 Å². The largest absolute Gasteiger partial charge is 0.349 e. The van der Waals surface area contributed by atoms with Gasteiger partial charge < -0.3 is 9.47 Å². The summed E-state index contributed by atoms with van der Waals surface area (Å²) in [5, 5.41) is -0.223. The second kappa shape index (κ2) is 5.79. The topological polar surface area (TPSA) is 51.0 Å². The van der Waals surface area contributed by atoms with Gasteiger partial charge in [-0.15, -0.1) is 11.6 Å². The summed E-state index contributed by atoms with van der Waals surface area (Å²) in [4.78, 5) is 22.4. The summed E-state index contributed by atoms with van der Waals surface area (Å²) < 4.78 is 1.95. The quantitative estimate of drug-likeness (QED) is 0.814. The number of rotatable bonds is 4. The Morgan fingerprint density at radius 3 is 2.70 bits per heavy atom. The van der Waals surface area contributed by atoms with Crippen molar-refractivity contribution >= 4 is 28.7 Å². The zero-order valence-electron chi connectivity index (χ0n) is 12.2. The molecular formula is C14H19ClN4O. The molecule has 1 unspecified atom stereocenters. The van der Waals surface area contributed by atoms with E-state index in [2.05, 4.69) is 9.97 Å². The van der Waals surface area contributed by atoms with E-state index in [1.807, 2.05) is 30.5 Å². The van der Waals surface area contributed by atoms with Crippen LogP contribution in [0.4, 0.5) is 0 Å². The predicted molar refractivity (Wildman–Crippen MR) is 79.8 cm³/mol. The highest BCUT2D eigenvalue weighted by atomic mass is 35.5. The Morgan fingerprint density at radius 2 is 2.10 bits per heavy atom. The van der Waals surface area contributed by atoms with Crippen LogP contribution < -0.4 is 0 Å². The van der Waals surface area contributed by atoms with Crippen LogP contribution in [0.3, 0.4) is 0 Å². The Bertz CT molecular complexity index is 633. The van der Waals surface area contributed by atoms with Gasteiger partial charge in [0, 0.05) is 32.8 Å². The number of aromatic nitrogens is 3. The third-order valence-corrected chi connectivity index (χ3v) is 3.36. The first-order chi connectivity index (χ1) is 9.40. The van der Waals surface area contributed by atoms with Crippen molar-refractivity contribution in [1.29, 1.82) is 0 Å². The van der Waals surface area contributed by atoms with Crippen molar-refractivity contribution in [2.24, 2.45) is 0 Å². The number of aryl methyl sites for hydroxylation is 2. The van der Waals surface area contributed by atoms with Gasteiger partial charge in [0.15, 0.2) is 5.65 Å². The smallest absolute Gasteiger partial charge is 0.223 e. The number of alkyl halides is 1. The number of amides is 1. The molecule has 0 N–H and O–H groups in total. The Morgan fingerprint density at radius 1 is 1.40 bits per heavy atom. The minimum absolute atomic E-state index is 0.0766. The monoisotopic (exact) mass is 294 g/mol. The maximum absolute atomic E-state index is 11.8. The number of carbonyl (C=O) groups excluding carboxylic acids is 1. The molecule has 0 radical (unpaired) electrons. The maximum Gasteiger partial charge on any atom is 0.223 e. The van der Waals surface area contributed by atoms with Crippen LogP contribution in [0.1, 0.15) is 30.2 Å². The zero-order chi connectivity index (χ0) is 14.9. The molecule has 0 aliphatic rings. The lowest BCUT2D eigenvalue weighted by atomic mass is 10.3. The molecule has 2 heterocycles. The van der Waals surface area contributed by atoms with Crippen molar-refractivity contribution < 1.29 is 4.79 Å². The van der Waals surface area contributed by atoms with Crippen molar-refractivity contribution in [3.05, 3.63) is 23.7 Å². The molecule has 0 aromatic carbocycles. The van der Waals surface area contributed by atoms with Crippen LogP contribution in [0.5, 0.6) is 0 Å². The lowest BCUT2D eigenvalue weighted by Gasteiger charge is -2.13. The van der Waals surface area contributed by atoms with Crippen molar-refractivity contribution in [2.45, 2.75) is 32.2 Å². The highest BCUT2D eigenvalue weighted by Gasteiger charge is 2.17. The van der Waals surface area contributed by atoms with E-state index in [-0.39, 0.29) is 11.3 Å². The van der Waals surface area contributed by atoms with Crippen LogP contribution in [0.2, 0.25) is 0 Å². The van der Waals surface area contributed by atoms with Gasteiger partial charge in [0.25, 0.3) is 0 Å². The Balaban J connectivity index is 2.40. The van der Waals surface area contributed by atoms with Gasteiger partial charge in [-0.25, -0.2) is 9.97 Å². The minimum Gasteiger partial charge on any atom is -0.349 e. The first kappa shape index (κ1) is 14.8. The summed E-state index contributed by atoms with van der Waals surface area (Å²) in [5.74, 6) is 0.832. The van der Waals surface area contributed by atoms with Gasteiger partial charge in [0.2, 0.25) is 5.91 Å². The molecule has 2 aromatic rings. The molecule has 2 aromatic heterocycles. The van der Waals surface area contributed by atoms with E-state index in [9.17, 15) is 4.79 Å². The first-order valence-corrected chi connectivity index (χ1v) is 7.01. The molecule has 5 nitrogen and oxygen atoms in total. The number of nitrogens with zero attached hydrogens (tertiary/aromatic N) is 4. The molecule has 6 heteroatoms. The van der Waals surface area contributed by atoms with Crippen molar-refractivity contribution in [3.63, 3.8) is 0 Å². The predicted octanol–water partition coefficient (Wildman–Crippen LogP) is 2.52. The molecule has 20 heavy (non-hydrogen) atoms. The van der Waals surface area contributed by atoms with Crippen molar-refractivity contribution in [3.8, 4) is 0 Å². The standard InChI is InChI=1S/C14H19ClN4O/c1-9-5-6-11-14(16-9)19(13(17-11)10(2)15)8-7-12(20)18(3)4/h5-6,10H,7-8H2,1-4H3. The molecule has 0 saturated heterocycles. The van der Waals surface area contributed by atoms with Gasteiger partial charge in [-0.3, -0.25) is 4.79 Å². The van der Waals surface area contributed by atoms with E-state index in [1.165, 1.54) is 0 Å². The van der Waals surface area contributed by atoms with E-state index in [0.717, 1.165) is 22.7 Å². The number of hydrogen-bond donors (Lipinski definition) is 0. The number of carbonyl (C=O) groups is 1. The fourth-order valence-electron chi connectivity index (χ4n) is 2.07. The van der Waals surface area contributed by atoms with Gasteiger partial charge in [0.1, 0.15) is 11.3 Å². The normalized spacial score (nSPS) is 12.7. The molecule has 1 amide bonds. The number of pyridine rings is 1. The van der Waals surface area contributed by atoms with E-state index >= 15 is 0 Å². The SMILES string of the molecule is Cc1ccc2nc(C(C)Cl)n(CCC(=O)N(C)C)c2n1. The molecule has 0 fully saturated rings. The highest BCUT2D eigenvalue weighted by Crippen LogP contribution is 2.24. The minimum atomic E-state index is -0.223. The third-order valence-electron chi connectivity index (χ3n) is 3.16. The number of hydrogen-bond acceptors (Lipinski definition) is 3. The molecule has 108 valence electrons. The summed E-state index contributed by atoms with van der Waals surface area (Å²) >= 11 is 6.19. The average Bonchev–Trinajstić information content (AvgIpc) is 2.73. The zero-order valence-corrected chi connectivity index (χ0v) is 13.0.